The van der Waals surface area contributed by atoms with Crippen LogP contribution in [0.3, 0.4) is 0 Å². The number of aliphatic hydroxyl groups is 1. The molecule has 4 aliphatic rings. The van der Waals surface area contributed by atoms with E-state index in [-0.39, 0.29) is 41.1 Å². The molecule has 0 bridgehead atoms. The molecule has 5 rings (SSSR count). The molecule has 1 aromatic heterocycles. The fourth-order valence-corrected chi connectivity index (χ4v) is 8.57. The fourth-order valence-electron chi connectivity index (χ4n) is 8.57. The summed E-state index contributed by atoms with van der Waals surface area (Å²) in [5, 5.41) is 18.4. The highest BCUT2D eigenvalue weighted by Gasteiger charge is 2.64. The van der Waals surface area contributed by atoms with Crippen molar-refractivity contribution in [3.63, 3.8) is 0 Å². The molecule has 0 aliphatic heterocycles. The lowest BCUT2D eigenvalue weighted by Crippen LogP contribution is -2.60. The summed E-state index contributed by atoms with van der Waals surface area (Å²) in [4.78, 5) is 27.1. The number of Topliss-reactive ketones (excluding diaryl/α,β-unsaturated/α-hetero) is 2. The van der Waals surface area contributed by atoms with E-state index in [9.17, 15) is 14.7 Å². The van der Waals surface area contributed by atoms with Gasteiger partial charge in [0.05, 0.1) is 18.4 Å². The molecule has 7 nitrogen and oxygen atoms in total. The third-order valence-corrected chi connectivity index (χ3v) is 9.90. The van der Waals surface area contributed by atoms with Crippen molar-refractivity contribution in [2.75, 3.05) is 6.61 Å². The van der Waals surface area contributed by atoms with Crippen molar-refractivity contribution < 1.29 is 19.4 Å². The van der Waals surface area contributed by atoms with E-state index in [1.807, 2.05) is 6.92 Å². The van der Waals surface area contributed by atoms with E-state index in [0.717, 1.165) is 38.5 Å². The number of aliphatic hydroxyl groups excluding tert-OH is 1. The van der Waals surface area contributed by atoms with E-state index in [4.69, 9.17) is 4.74 Å². The Morgan fingerprint density at radius 3 is 2.78 bits per heavy atom. The second-order valence-electron chi connectivity index (χ2n) is 11.4. The van der Waals surface area contributed by atoms with Crippen molar-refractivity contribution in [3.8, 4) is 0 Å². The maximum Gasteiger partial charge on any atom is 0.157 e. The normalized spacial score (nSPS) is 45.8. The first-order valence-corrected chi connectivity index (χ1v) is 12.5. The van der Waals surface area contributed by atoms with E-state index < -0.39 is 6.10 Å². The molecular weight excluding hydrogens is 406 g/mol. The van der Waals surface area contributed by atoms with Crippen LogP contribution in [-0.4, -0.2) is 50.5 Å². The summed E-state index contributed by atoms with van der Waals surface area (Å²) in [6.07, 6.45) is 8.69. The molecule has 4 saturated carbocycles. The number of rotatable bonds is 5. The van der Waals surface area contributed by atoms with Gasteiger partial charge in [-0.15, -0.1) is 5.10 Å². The molecule has 1 aromatic rings. The van der Waals surface area contributed by atoms with Crippen molar-refractivity contribution in [1.29, 1.82) is 0 Å². The van der Waals surface area contributed by atoms with Gasteiger partial charge in [0.2, 0.25) is 0 Å². The molecule has 0 amide bonds. The Morgan fingerprint density at radius 2 is 2.06 bits per heavy atom. The van der Waals surface area contributed by atoms with E-state index >= 15 is 0 Å². The van der Waals surface area contributed by atoms with E-state index in [1.54, 1.807) is 17.1 Å². The van der Waals surface area contributed by atoms with Crippen LogP contribution in [-0.2, 0) is 20.9 Å². The molecule has 7 heteroatoms. The van der Waals surface area contributed by atoms with E-state index in [0.29, 0.717) is 36.6 Å². The van der Waals surface area contributed by atoms with Gasteiger partial charge in [0.15, 0.2) is 5.78 Å². The number of fused-ring (bicyclic) bond motifs is 5. The molecule has 1 heterocycles. The van der Waals surface area contributed by atoms with Crippen LogP contribution in [0.4, 0.5) is 0 Å². The smallest absolute Gasteiger partial charge is 0.157 e. The average molecular weight is 444 g/mol. The number of aromatic nitrogens is 3. The lowest BCUT2D eigenvalue weighted by atomic mass is 9.44. The Bertz CT molecular complexity index is 873. The van der Waals surface area contributed by atoms with Gasteiger partial charge < -0.3 is 9.84 Å². The predicted molar refractivity (Wildman–Crippen MR) is 117 cm³/mol. The van der Waals surface area contributed by atoms with Gasteiger partial charge in [0, 0.05) is 31.1 Å². The summed E-state index contributed by atoms with van der Waals surface area (Å²) in [7, 11) is 0. The Kier molecular flexibility index (Phi) is 5.56. The number of ketones is 2. The first kappa shape index (κ1) is 22.2. The highest BCUT2D eigenvalue weighted by Crippen LogP contribution is 2.66. The van der Waals surface area contributed by atoms with Crippen LogP contribution in [0.15, 0.2) is 12.4 Å². The molecule has 4 fully saturated rings. The summed E-state index contributed by atoms with van der Waals surface area (Å²) < 4.78 is 7.51. The zero-order valence-corrected chi connectivity index (χ0v) is 19.6. The quantitative estimate of drug-likeness (QED) is 0.752. The summed E-state index contributed by atoms with van der Waals surface area (Å²) in [5.41, 5.74) is -0.379. The van der Waals surface area contributed by atoms with Crippen LogP contribution < -0.4 is 0 Å². The Hall–Kier alpha value is -1.60. The lowest BCUT2D eigenvalue weighted by molar-refractivity contribution is -0.179. The van der Waals surface area contributed by atoms with Gasteiger partial charge in [-0.1, -0.05) is 19.1 Å². The van der Waals surface area contributed by atoms with E-state index in [1.165, 1.54) is 0 Å². The third-order valence-electron chi connectivity index (χ3n) is 9.90. The topological polar surface area (TPSA) is 94.3 Å². The van der Waals surface area contributed by atoms with Crippen LogP contribution in [0.2, 0.25) is 0 Å². The Labute approximate surface area is 190 Å². The van der Waals surface area contributed by atoms with Crippen molar-refractivity contribution in [2.24, 2.45) is 40.4 Å². The van der Waals surface area contributed by atoms with Gasteiger partial charge in [-0.25, -0.2) is 4.68 Å². The number of nitrogens with zero attached hydrogens (tertiary/aromatic N) is 3. The highest BCUT2D eigenvalue weighted by atomic mass is 16.5. The maximum atomic E-state index is 13.8. The molecule has 0 aromatic carbocycles. The van der Waals surface area contributed by atoms with Crippen LogP contribution in [0.25, 0.3) is 0 Å². The maximum absolute atomic E-state index is 13.8. The first-order valence-electron chi connectivity index (χ1n) is 12.5. The van der Waals surface area contributed by atoms with Crippen LogP contribution in [0.5, 0.6) is 0 Å². The minimum absolute atomic E-state index is 0.0268. The van der Waals surface area contributed by atoms with Gasteiger partial charge in [-0.3, -0.25) is 9.59 Å². The molecule has 176 valence electrons. The molecule has 0 saturated heterocycles. The van der Waals surface area contributed by atoms with Crippen molar-refractivity contribution >= 4 is 11.6 Å². The van der Waals surface area contributed by atoms with E-state index in [2.05, 4.69) is 24.2 Å². The van der Waals surface area contributed by atoms with Crippen molar-refractivity contribution in [3.05, 3.63) is 12.4 Å². The number of carbonyl (C=O) groups is 2. The van der Waals surface area contributed by atoms with Gasteiger partial charge >= 0.3 is 0 Å². The summed E-state index contributed by atoms with van der Waals surface area (Å²) in [5.74, 6) is 1.58. The van der Waals surface area contributed by atoms with Gasteiger partial charge in [-0.2, -0.15) is 0 Å². The van der Waals surface area contributed by atoms with Crippen LogP contribution in [0, 0.1) is 40.4 Å². The summed E-state index contributed by atoms with van der Waals surface area (Å²) in [6.45, 7) is 7.28. The summed E-state index contributed by atoms with van der Waals surface area (Å²) >= 11 is 0. The summed E-state index contributed by atoms with van der Waals surface area (Å²) in [6, 6.07) is 0. The molecule has 1 N–H and O–H groups in total. The number of hydrogen-bond acceptors (Lipinski definition) is 6. The molecule has 0 radical (unpaired) electrons. The number of ether oxygens (including phenoxy) is 1. The second kappa shape index (κ2) is 8.01. The molecule has 9 atom stereocenters. The molecule has 2 unspecified atom stereocenters. The largest absolute Gasteiger partial charge is 0.390 e. The minimum Gasteiger partial charge on any atom is -0.390 e. The molecule has 32 heavy (non-hydrogen) atoms. The minimum atomic E-state index is -0.432. The zero-order valence-electron chi connectivity index (χ0n) is 19.6. The molecular formula is C25H37N3O4. The Morgan fingerprint density at radius 1 is 1.25 bits per heavy atom. The third kappa shape index (κ3) is 3.30. The molecule has 0 spiro atoms. The van der Waals surface area contributed by atoms with Crippen LogP contribution >= 0.6 is 0 Å². The van der Waals surface area contributed by atoms with Crippen molar-refractivity contribution in [2.45, 2.75) is 84.5 Å². The number of carbonyl (C=O) groups excluding carboxylic acids is 2. The second-order valence-corrected chi connectivity index (χ2v) is 11.4. The van der Waals surface area contributed by atoms with Gasteiger partial charge in [-0.05, 0) is 74.0 Å². The number of hydrogen-bond donors (Lipinski definition) is 1. The first-order chi connectivity index (χ1) is 15.3. The van der Waals surface area contributed by atoms with Crippen molar-refractivity contribution in [1.82, 2.24) is 15.0 Å². The monoisotopic (exact) mass is 443 g/mol. The highest BCUT2D eigenvalue weighted by molar-refractivity contribution is 5.87. The zero-order chi connectivity index (χ0) is 22.7. The predicted octanol–water partition coefficient (Wildman–Crippen LogP) is 3.06. The molecule has 4 aliphatic carbocycles. The lowest BCUT2D eigenvalue weighted by Gasteiger charge is -2.60. The van der Waals surface area contributed by atoms with Gasteiger partial charge in [0.1, 0.15) is 12.3 Å². The van der Waals surface area contributed by atoms with Gasteiger partial charge in [0.25, 0.3) is 0 Å². The standard InChI is InChI=1S/C25H37N3O4/c1-4-32-22-13-24(2)15(11-19(22)29)5-6-16-17-7-8-18(21(31)14-28-10-9-26-27-28)25(17,3)12-20(30)23(16)24/h9-10,15-19,22-23,29H,4-8,11-14H2,1-3H3/t15?,16?,17-,18+,19-,22-,23+,24-,25-/m0/s1. The fraction of sp³-hybridized carbons (Fsp3) is 0.840. The SMILES string of the molecule is CCO[C@H]1C[C@@]2(C)C(CCC3[C@@H]4CC[C@H](C(=O)Cn5ccnn5)[C@@]4(C)CC(=O)[C@@H]32)C[C@@H]1O. The Balaban J connectivity index is 1.40. The van der Waals surface area contributed by atoms with Crippen LogP contribution in [0.1, 0.15) is 65.7 Å². The average Bonchev–Trinajstić information content (AvgIpc) is 3.35.